The molecular formula is C21H24N4OS2. The van der Waals surface area contributed by atoms with E-state index < -0.39 is 0 Å². The maximum atomic E-state index is 12.9. The second kappa shape index (κ2) is 8.49. The van der Waals surface area contributed by atoms with E-state index in [-0.39, 0.29) is 11.2 Å². The molecular weight excluding hydrogens is 388 g/mol. The van der Waals surface area contributed by atoms with Crippen LogP contribution in [0.3, 0.4) is 0 Å². The van der Waals surface area contributed by atoms with Crippen molar-refractivity contribution in [2.24, 2.45) is 5.92 Å². The molecule has 4 rings (SSSR count). The molecule has 1 atom stereocenters. The second-order valence-electron chi connectivity index (χ2n) is 7.22. The summed E-state index contributed by atoms with van der Waals surface area (Å²) < 4.78 is 2.05. The number of hydrogen-bond donors (Lipinski definition) is 0. The van der Waals surface area contributed by atoms with E-state index in [4.69, 9.17) is 0 Å². The molecule has 1 aromatic carbocycles. The van der Waals surface area contributed by atoms with Crippen LogP contribution in [0.25, 0.3) is 16.4 Å². The Morgan fingerprint density at radius 2 is 1.89 bits per heavy atom. The van der Waals surface area contributed by atoms with Crippen LogP contribution >= 0.6 is 23.1 Å². The predicted octanol–water partition coefficient (Wildman–Crippen LogP) is 4.73. The van der Waals surface area contributed by atoms with Gasteiger partial charge in [0.15, 0.2) is 11.0 Å². The van der Waals surface area contributed by atoms with Gasteiger partial charge in [0.2, 0.25) is 5.91 Å². The normalized spacial score (nSPS) is 16.3. The highest BCUT2D eigenvalue weighted by Gasteiger charge is 2.27. The molecule has 1 aliphatic rings. The standard InChI is InChI=1S/C21H24N4OS2/c1-15-10-12-24(13-11-15)20(26)16(2)28-21-23-22-19(18-9-6-14-27-18)25(21)17-7-4-3-5-8-17/h3-9,14-16H,10-13H2,1-2H3/t16-/m1/s1. The van der Waals surface area contributed by atoms with Gasteiger partial charge in [0.25, 0.3) is 0 Å². The van der Waals surface area contributed by atoms with Crippen LogP contribution in [0, 0.1) is 5.92 Å². The van der Waals surface area contributed by atoms with Gasteiger partial charge in [0.1, 0.15) is 0 Å². The van der Waals surface area contributed by atoms with Gasteiger partial charge in [0.05, 0.1) is 10.1 Å². The number of hydrogen-bond acceptors (Lipinski definition) is 5. The van der Waals surface area contributed by atoms with Crippen LogP contribution in [0.5, 0.6) is 0 Å². The molecule has 0 N–H and O–H groups in total. The van der Waals surface area contributed by atoms with Gasteiger partial charge < -0.3 is 4.90 Å². The molecule has 7 heteroatoms. The molecule has 0 radical (unpaired) electrons. The van der Waals surface area contributed by atoms with Gasteiger partial charge in [-0.15, -0.1) is 21.5 Å². The quantitative estimate of drug-likeness (QED) is 0.568. The summed E-state index contributed by atoms with van der Waals surface area (Å²) in [5.41, 5.74) is 1.00. The number of rotatable bonds is 5. The van der Waals surface area contributed by atoms with Crippen molar-refractivity contribution in [2.45, 2.75) is 37.1 Å². The molecule has 3 aromatic rings. The van der Waals surface area contributed by atoms with Gasteiger partial charge in [-0.25, -0.2) is 0 Å². The average molecular weight is 413 g/mol. The lowest BCUT2D eigenvalue weighted by Gasteiger charge is -2.31. The lowest BCUT2D eigenvalue weighted by molar-refractivity contribution is -0.131. The molecule has 5 nitrogen and oxygen atoms in total. The molecule has 0 spiro atoms. The van der Waals surface area contributed by atoms with Crippen molar-refractivity contribution < 1.29 is 4.79 Å². The zero-order chi connectivity index (χ0) is 19.5. The summed E-state index contributed by atoms with van der Waals surface area (Å²) in [6, 6.07) is 14.2. The fraction of sp³-hybridized carbons (Fsp3) is 0.381. The third-order valence-corrected chi connectivity index (χ3v) is 7.01. The first-order chi connectivity index (χ1) is 13.6. The van der Waals surface area contributed by atoms with E-state index in [2.05, 4.69) is 21.7 Å². The van der Waals surface area contributed by atoms with Crippen molar-refractivity contribution in [3.63, 3.8) is 0 Å². The Morgan fingerprint density at radius 3 is 2.57 bits per heavy atom. The van der Waals surface area contributed by atoms with Crippen molar-refractivity contribution >= 4 is 29.0 Å². The molecule has 0 bridgehead atoms. The van der Waals surface area contributed by atoms with Crippen LogP contribution in [-0.4, -0.2) is 43.9 Å². The van der Waals surface area contributed by atoms with E-state index >= 15 is 0 Å². The fourth-order valence-corrected chi connectivity index (χ4v) is 5.07. The van der Waals surface area contributed by atoms with Gasteiger partial charge in [-0.05, 0) is 49.3 Å². The molecule has 1 aliphatic heterocycles. The number of thioether (sulfide) groups is 1. The fourth-order valence-electron chi connectivity index (χ4n) is 3.42. The molecule has 1 amide bonds. The molecule has 0 unspecified atom stereocenters. The van der Waals surface area contributed by atoms with Crippen molar-refractivity contribution in [3.8, 4) is 16.4 Å². The predicted molar refractivity (Wildman–Crippen MR) is 115 cm³/mol. The van der Waals surface area contributed by atoms with Crippen LogP contribution in [-0.2, 0) is 4.79 Å². The molecule has 0 aliphatic carbocycles. The minimum atomic E-state index is -0.198. The van der Waals surface area contributed by atoms with E-state index in [9.17, 15) is 4.79 Å². The lowest BCUT2D eigenvalue weighted by atomic mass is 9.99. The third-order valence-electron chi connectivity index (χ3n) is 5.11. The number of carbonyl (C=O) groups excluding carboxylic acids is 1. The summed E-state index contributed by atoms with van der Waals surface area (Å²) in [5.74, 6) is 1.72. The van der Waals surface area contributed by atoms with Crippen molar-refractivity contribution in [2.75, 3.05) is 13.1 Å². The molecule has 3 heterocycles. The van der Waals surface area contributed by atoms with Crippen LogP contribution in [0.4, 0.5) is 0 Å². The highest BCUT2D eigenvalue weighted by atomic mass is 32.2. The van der Waals surface area contributed by atoms with Gasteiger partial charge in [-0.3, -0.25) is 9.36 Å². The summed E-state index contributed by atoms with van der Waals surface area (Å²) in [7, 11) is 0. The zero-order valence-corrected chi connectivity index (χ0v) is 17.7. The molecule has 2 aromatic heterocycles. The first-order valence-corrected chi connectivity index (χ1v) is 11.4. The van der Waals surface area contributed by atoms with Crippen LogP contribution in [0.1, 0.15) is 26.7 Å². The minimum Gasteiger partial charge on any atom is -0.342 e. The van der Waals surface area contributed by atoms with Gasteiger partial charge in [-0.2, -0.15) is 0 Å². The monoisotopic (exact) mass is 412 g/mol. The SMILES string of the molecule is CC1CCN(C(=O)[C@@H](C)Sc2nnc(-c3cccs3)n2-c2ccccc2)CC1. The number of para-hydroxylation sites is 1. The maximum Gasteiger partial charge on any atom is 0.235 e. The number of piperidine rings is 1. The highest BCUT2D eigenvalue weighted by Crippen LogP contribution is 2.32. The van der Waals surface area contributed by atoms with Gasteiger partial charge >= 0.3 is 0 Å². The summed E-state index contributed by atoms with van der Waals surface area (Å²) in [4.78, 5) is 16.0. The third kappa shape index (κ3) is 4.00. The molecule has 146 valence electrons. The van der Waals surface area contributed by atoms with E-state index in [1.807, 2.05) is 59.7 Å². The van der Waals surface area contributed by atoms with Crippen molar-refractivity contribution in [1.82, 2.24) is 19.7 Å². The molecule has 0 saturated carbocycles. The Labute approximate surface area is 173 Å². The number of benzene rings is 1. The zero-order valence-electron chi connectivity index (χ0n) is 16.1. The highest BCUT2D eigenvalue weighted by molar-refractivity contribution is 8.00. The minimum absolute atomic E-state index is 0.192. The number of aromatic nitrogens is 3. The number of likely N-dealkylation sites (tertiary alicyclic amines) is 1. The Hall–Kier alpha value is -2.12. The smallest absolute Gasteiger partial charge is 0.235 e. The van der Waals surface area contributed by atoms with Crippen LogP contribution in [0.2, 0.25) is 0 Å². The maximum absolute atomic E-state index is 12.9. The first kappa shape index (κ1) is 19.2. The molecule has 28 heavy (non-hydrogen) atoms. The number of carbonyl (C=O) groups is 1. The van der Waals surface area contributed by atoms with E-state index in [0.717, 1.165) is 47.5 Å². The van der Waals surface area contributed by atoms with Crippen LogP contribution in [0.15, 0.2) is 53.0 Å². The summed E-state index contributed by atoms with van der Waals surface area (Å²) >= 11 is 3.13. The molecule has 1 fully saturated rings. The second-order valence-corrected chi connectivity index (χ2v) is 9.48. The Morgan fingerprint density at radius 1 is 1.14 bits per heavy atom. The Kier molecular flexibility index (Phi) is 5.82. The van der Waals surface area contributed by atoms with E-state index in [1.165, 1.54) is 11.8 Å². The van der Waals surface area contributed by atoms with Crippen LogP contribution < -0.4 is 0 Å². The van der Waals surface area contributed by atoms with Gasteiger partial charge in [-0.1, -0.05) is 43.0 Å². The van der Waals surface area contributed by atoms with Crippen molar-refractivity contribution in [1.29, 1.82) is 0 Å². The molecule has 1 saturated heterocycles. The summed E-state index contributed by atoms with van der Waals surface area (Å²) in [6.07, 6.45) is 2.18. The summed E-state index contributed by atoms with van der Waals surface area (Å²) in [5, 5.41) is 11.5. The Balaban J connectivity index is 1.60. The van der Waals surface area contributed by atoms with Gasteiger partial charge in [0, 0.05) is 18.8 Å². The number of amides is 1. The number of nitrogens with zero attached hydrogens (tertiary/aromatic N) is 4. The average Bonchev–Trinajstić information content (AvgIpc) is 3.38. The number of thiophene rings is 1. The summed E-state index contributed by atoms with van der Waals surface area (Å²) in [6.45, 7) is 5.95. The lowest BCUT2D eigenvalue weighted by Crippen LogP contribution is -2.41. The van der Waals surface area contributed by atoms with E-state index in [1.54, 1.807) is 11.3 Å². The van der Waals surface area contributed by atoms with Crippen molar-refractivity contribution in [3.05, 3.63) is 47.8 Å². The van der Waals surface area contributed by atoms with E-state index in [0.29, 0.717) is 5.92 Å². The largest absolute Gasteiger partial charge is 0.342 e. The first-order valence-electron chi connectivity index (χ1n) is 9.63. The Bertz CT molecular complexity index is 915. The topological polar surface area (TPSA) is 51.0 Å².